The Bertz CT molecular complexity index is 171. The molecule has 0 aliphatic rings. The molecule has 1 heterocycles. The molecule has 3 heteroatoms. The SMILES string of the molecule is COc1coc(S)c1. The molecule has 0 unspecified atom stereocenters. The van der Waals surface area contributed by atoms with Crippen LogP contribution in [0.2, 0.25) is 0 Å². The van der Waals surface area contributed by atoms with Gasteiger partial charge in [-0.2, -0.15) is 0 Å². The van der Waals surface area contributed by atoms with Crippen LogP contribution in [-0.2, 0) is 0 Å². The average Bonchev–Trinajstić information content (AvgIpc) is 2.14. The van der Waals surface area contributed by atoms with E-state index in [9.17, 15) is 0 Å². The van der Waals surface area contributed by atoms with Crippen molar-refractivity contribution in [3.63, 3.8) is 0 Å². The molecular weight excluding hydrogens is 124 g/mol. The van der Waals surface area contributed by atoms with Gasteiger partial charge in [0.1, 0.15) is 6.26 Å². The first-order valence-electron chi connectivity index (χ1n) is 2.14. The van der Waals surface area contributed by atoms with E-state index in [4.69, 9.17) is 9.15 Å². The molecule has 0 N–H and O–H groups in total. The maximum atomic E-state index is 4.79. The first-order valence-corrected chi connectivity index (χ1v) is 2.59. The lowest BCUT2D eigenvalue weighted by molar-refractivity contribution is 0.401. The van der Waals surface area contributed by atoms with E-state index in [1.165, 1.54) is 6.26 Å². The van der Waals surface area contributed by atoms with Gasteiger partial charge in [-0.15, -0.1) is 12.6 Å². The largest absolute Gasteiger partial charge is 0.493 e. The molecule has 0 atom stereocenters. The van der Waals surface area contributed by atoms with E-state index >= 15 is 0 Å². The van der Waals surface area contributed by atoms with Crippen molar-refractivity contribution >= 4 is 12.6 Å². The van der Waals surface area contributed by atoms with Gasteiger partial charge in [0.2, 0.25) is 0 Å². The van der Waals surface area contributed by atoms with Crippen molar-refractivity contribution in [1.29, 1.82) is 0 Å². The second-order valence-corrected chi connectivity index (χ2v) is 1.77. The molecule has 1 aromatic rings. The van der Waals surface area contributed by atoms with E-state index in [0.29, 0.717) is 10.8 Å². The van der Waals surface area contributed by atoms with Gasteiger partial charge in [-0.3, -0.25) is 0 Å². The Morgan fingerprint density at radius 3 is 2.75 bits per heavy atom. The summed E-state index contributed by atoms with van der Waals surface area (Å²) in [5.74, 6) is 0.704. The van der Waals surface area contributed by atoms with E-state index in [1.807, 2.05) is 0 Å². The van der Waals surface area contributed by atoms with E-state index in [2.05, 4.69) is 12.6 Å². The van der Waals surface area contributed by atoms with Gasteiger partial charge in [0.05, 0.1) is 7.11 Å². The molecule has 0 amide bonds. The van der Waals surface area contributed by atoms with Crippen molar-refractivity contribution < 1.29 is 9.15 Å². The highest BCUT2D eigenvalue weighted by Gasteiger charge is 1.93. The Morgan fingerprint density at radius 2 is 2.50 bits per heavy atom. The van der Waals surface area contributed by atoms with Crippen LogP contribution in [0.4, 0.5) is 0 Å². The summed E-state index contributed by atoms with van der Waals surface area (Å²) in [6, 6.07) is 1.70. The first-order chi connectivity index (χ1) is 3.83. The monoisotopic (exact) mass is 130 g/mol. The maximum Gasteiger partial charge on any atom is 0.160 e. The van der Waals surface area contributed by atoms with E-state index in [-0.39, 0.29) is 0 Å². The molecule has 0 saturated carbocycles. The molecule has 0 aliphatic carbocycles. The van der Waals surface area contributed by atoms with Crippen molar-refractivity contribution in [1.82, 2.24) is 0 Å². The number of methoxy groups -OCH3 is 1. The van der Waals surface area contributed by atoms with E-state index < -0.39 is 0 Å². The molecule has 44 valence electrons. The zero-order valence-electron chi connectivity index (χ0n) is 4.42. The van der Waals surface area contributed by atoms with E-state index in [1.54, 1.807) is 13.2 Å². The highest BCUT2D eigenvalue weighted by Crippen LogP contribution is 2.17. The van der Waals surface area contributed by atoms with Crippen LogP contribution in [0.15, 0.2) is 21.8 Å². The minimum Gasteiger partial charge on any atom is -0.493 e. The molecule has 0 saturated heterocycles. The lowest BCUT2D eigenvalue weighted by atomic mass is 10.6. The number of hydrogen-bond acceptors (Lipinski definition) is 3. The molecule has 0 aliphatic heterocycles. The predicted molar refractivity (Wildman–Crippen MR) is 32.5 cm³/mol. The summed E-state index contributed by atoms with van der Waals surface area (Å²) in [6.45, 7) is 0. The van der Waals surface area contributed by atoms with Crippen molar-refractivity contribution in [3.05, 3.63) is 12.3 Å². The van der Waals surface area contributed by atoms with Gasteiger partial charge in [0.15, 0.2) is 10.8 Å². The third-order valence-corrected chi connectivity index (χ3v) is 1.03. The van der Waals surface area contributed by atoms with Gasteiger partial charge in [-0.25, -0.2) is 0 Å². The highest BCUT2D eigenvalue weighted by atomic mass is 32.1. The Labute approximate surface area is 52.9 Å². The second-order valence-electron chi connectivity index (χ2n) is 1.32. The van der Waals surface area contributed by atoms with Crippen LogP contribution in [0.1, 0.15) is 0 Å². The number of ether oxygens (including phenoxy) is 1. The summed E-state index contributed by atoms with van der Waals surface area (Å²) in [5, 5.41) is 0.571. The van der Waals surface area contributed by atoms with Crippen LogP contribution in [0.5, 0.6) is 5.75 Å². The normalized spacial score (nSPS) is 9.25. The summed E-state index contributed by atoms with van der Waals surface area (Å²) < 4.78 is 9.59. The molecule has 0 spiro atoms. The summed E-state index contributed by atoms with van der Waals surface area (Å²) in [7, 11) is 1.58. The Kier molecular flexibility index (Phi) is 1.48. The predicted octanol–water partition coefficient (Wildman–Crippen LogP) is 1.58. The van der Waals surface area contributed by atoms with Crippen LogP contribution < -0.4 is 4.74 Å². The van der Waals surface area contributed by atoms with Gasteiger partial charge in [-0.1, -0.05) is 0 Å². The maximum absolute atomic E-state index is 4.79. The third-order valence-electron chi connectivity index (χ3n) is 0.797. The number of hydrogen-bond donors (Lipinski definition) is 1. The van der Waals surface area contributed by atoms with Gasteiger partial charge >= 0.3 is 0 Å². The number of furan rings is 1. The Hall–Kier alpha value is -0.570. The molecule has 0 bridgehead atoms. The minimum absolute atomic E-state index is 0.571. The third kappa shape index (κ3) is 0.980. The number of thiol groups is 1. The standard InChI is InChI=1S/C5H6O2S/c1-6-4-2-5(8)7-3-4/h2-3,8H,1H3. The fourth-order valence-corrected chi connectivity index (χ4v) is 0.595. The quantitative estimate of drug-likeness (QED) is 0.583. The van der Waals surface area contributed by atoms with Gasteiger partial charge in [-0.05, 0) is 0 Å². The van der Waals surface area contributed by atoms with Gasteiger partial charge in [0.25, 0.3) is 0 Å². The van der Waals surface area contributed by atoms with Crippen LogP contribution in [0, 0.1) is 0 Å². The lowest BCUT2D eigenvalue weighted by Crippen LogP contribution is -1.75. The molecule has 0 fully saturated rings. The lowest BCUT2D eigenvalue weighted by Gasteiger charge is -1.85. The molecule has 0 radical (unpaired) electrons. The zero-order chi connectivity index (χ0) is 5.98. The first kappa shape index (κ1) is 5.56. The van der Waals surface area contributed by atoms with Crippen molar-refractivity contribution in [2.75, 3.05) is 7.11 Å². The minimum atomic E-state index is 0.571. The smallest absolute Gasteiger partial charge is 0.160 e. The van der Waals surface area contributed by atoms with Gasteiger partial charge < -0.3 is 9.15 Å². The fraction of sp³-hybridized carbons (Fsp3) is 0.200. The van der Waals surface area contributed by atoms with E-state index in [0.717, 1.165) is 0 Å². The van der Waals surface area contributed by atoms with Crippen LogP contribution in [0.25, 0.3) is 0 Å². The summed E-state index contributed by atoms with van der Waals surface area (Å²) in [6.07, 6.45) is 1.50. The topological polar surface area (TPSA) is 22.4 Å². The van der Waals surface area contributed by atoms with Gasteiger partial charge in [0, 0.05) is 6.07 Å². The molecule has 2 nitrogen and oxygen atoms in total. The number of rotatable bonds is 1. The molecule has 0 aromatic carbocycles. The summed E-state index contributed by atoms with van der Waals surface area (Å²) >= 11 is 3.91. The van der Waals surface area contributed by atoms with Crippen LogP contribution in [-0.4, -0.2) is 7.11 Å². The van der Waals surface area contributed by atoms with Crippen molar-refractivity contribution in [3.8, 4) is 5.75 Å². The van der Waals surface area contributed by atoms with Crippen molar-refractivity contribution in [2.24, 2.45) is 0 Å². The van der Waals surface area contributed by atoms with Crippen LogP contribution >= 0.6 is 12.6 Å². The molecule has 8 heavy (non-hydrogen) atoms. The molecule has 1 aromatic heterocycles. The zero-order valence-corrected chi connectivity index (χ0v) is 5.31. The second kappa shape index (κ2) is 2.13. The summed E-state index contributed by atoms with van der Waals surface area (Å²) in [4.78, 5) is 0. The molecular formula is C5H6O2S. The summed E-state index contributed by atoms with van der Waals surface area (Å²) in [5.41, 5.74) is 0. The highest BCUT2D eigenvalue weighted by molar-refractivity contribution is 7.80. The van der Waals surface area contributed by atoms with Crippen molar-refractivity contribution in [2.45, 2.75) is 5.09 Å². The Balaban J connectivity index is 2.84. The molecule has 1 rings (SSSR count). The average molecular weight is 130 g/mol. The fourth-order valence-electron chi connectivity index (χ4n) is 0.415. The van der Waals surface area contributed by atoms with Crippen LogP contribution in [0.3, 0.4) is 0 Å². The Morgan fingerprint density at radius 1 is 1.75 bits per heavy atom.